The lowest BCUT2D eigenvalue weighted by atomic mass is 9.90. The minimum atomic E-state index is -0.617. The number of allylic oxidation sites excluding steroid dienone is 1. The van der Waals surface area contributed by atoms with Crippen molar-refractivity contribution in [2.45, 2.75) is 19.9 Å². The summed E-state index contributed by atoms with van der Waals surface area (Å²) in [5, 5.41) is 8.55. The van der Waals surface area contributed by atoms with E-state index < -0.39 is 11.8 Å². The molecule has 0 spiro atoms. The molecule has 2 aliphatic heterocycles. The van der Waals surface area contributed by atoms with Crippen LogP contribution >= 0.6 is 23.2 Å². The van der Waals surface area contributed by atoms with Crippen LogP contribution < -0.4 is 16.0 Å². The Morgan fingerprint density at radius 3 is 2.43 bits per heavy atom. The maximum Gasteiger partial charge on any atom is 0.323 e. The van der Waals surface area contributed by atoms with Crippen molar-refractivity contribution in [3.05, 3.63) is 92.9 Å². The first-order valence-electron chi connectivity index (χ1n) is 10.8. The molecule has 3 N–H and O–H groups in total. The summed E-state index contributed by atoms with van der Waals surface area (Å²) in [4.78, 5) is 29.5. The molecular formula is C26H19Cl2FN4O2. The van der Waals surface area contributed by atoms with E-state index in [4.69, 9.17) is 23.2 Å². The Morgan fingerprint density at radius 1 is 1.03 bits per heavy atom. The lowest BCUT2D eigenvalue weighted by Gasteiger charge is -2.14. The molecule has 0 saturated carbocycles. The molecule has 2 heterocycles. The molecule has 0 fully saturated rings. The standard InChI is InChI=1S/C26H19Cl2FN4O2/c1-13-9-22(30-11-13)17-8-7-15(18-12-31-25(34)23(17)18)16-6-5-14(10-21(16)29)32-26(35)33-24-19(27)3-2-4-20(24)28/h2-8,10-11H,9,12H2,1H3,(H,31,34)(H2,32,33,35). The van der Waals surface area contributed by atoms with Crippen molar-refractivity contribution in [3.63, 3.8) is 0 Å². The molecule has 0 aromatic heterocycles. The fraction of sp³-hybridized carbons (Fsp3) is 0.115. The van der Waals surface area contributed by atoms with Gasteiger partial charge in [-0.15, -0.1) is 0 Å². The second kappa shape index (κ2) is 9.17. The third-order valence-corrected chi connectivity index (χ3v) is 6.51. The van der Waals surface area contributed by atoms with Crippen molar-refractivity contribution < 1.29 is 14.0 Å². The highest BCUT2D eigenvalue weighted by Gasteiger charge is 2.29. The molecule has 0 saturated heterocycles. The number of carbonyl (C=O) groups excluding carboxylic acids is 2. The zero-order valence-electron chi connectivity index (χ0n) is 18.5. The van der Waals surface area contributed by atoms with Gasteiger partial charge in [-0.2, -0.15) is 0 Å². The van der Waals surface area contributed by atoms with Crippen molar-refractivity contribution >= 4 is 52.2 Å². The number of amides is 3. The number of nitrogens with zero attached hydrogens (tertiary/aromatic N) is 1. The van der Waals surface area contributed by atoms with E-state index in [1.165, 1.54) is 6.07 Å². The van der Waals surface area contributed by atoms with Gasteiger partial charge in [0.25, 0.3) is 5.91 Å². The maximum absolute atomic E-state index is 15.2. The Bertz CT molecular complexity index is 1450. The number of nitrogens with one attached hydrogen (secondary N) is 3. The molecule has 176 valence electrons. The number of anilines is 2. The van der Waals surface area contributed by atoms with E-state index >= 15 is 4.39 Å². The lowest BCUT2D eigenvalue weighted by Crippen LogP contribution is -2.20. The van der Waals surface area contributed by atoms with E-state index in [1.807, 2.05) is 19.1 Å². The summed E-state index contributed by atoms with van der Waals surface area (Å²) in [5.41, 5.74) is 5.41. The minimum Gasteiger partial charge on any atom is -0.348 e. The Morgan fingerprint density at radius 2 is 1.74 bits per heavy atom. The fourth-order valence-corrected chi connectivity index (χ4v) is 4.75. The van der Waals surface area contributed by atoms with Crippen LogP contribution in [0.3, 0.4) is 0 Å². The number of aliphatic imine (C=N–C) groups is 1. The number of benzene rings is 3. The van der Waals surface area contributed by atoms with Crippen LogP contribution in [0, 0.1) is 5.82 Å². The molecule has 35 heavy (non-hydrogen) atoms. The number of urea groups is 1. The molecule has 0 atom stereocenters. The van der Waals surface area contributed by atoms with Gasteiger partial charge >= 0.3 is 6.03 Å². The first kappa shape index (κ1) is 23.1. The van der Waals surface area contributed by atoms with Crippen LogP contribution in [-0.4, -0.2) is 17.6 Å². The van der Waals surface area contributed by atoms with Gasteiger partial charge in [-0.05, 0) is 54.0 Å². The van der Waals surface area contributed by atoms with E-state index in [0.717, 1.165) is 22.4 Å². The molecule has 3 aromatic carbocycles. The van der Waals surface area contributed by atoms with Gasteiger partial charge in [0, 0.05) is 36.0 Å². The van der Waals surface area contributed by atoms with Crippen molar-refractivity contribution in [1.29, 1.82) is 0 Å². The highest BCUT2D eigenvalue weighted by Crippen LogP contribution is 2.35. The van der Waals surface area contributed by atoms with Gasteiger partial charge in [0.15, 0.2) is 0 Å². The number of rotatable bonds is 4. The lowest BCUT2D eigenvalue weighted by molar-refractivity contribution is 0.0965. The van der Waals surface area contributed by atoms with Gasteiger partial charge in [0.05, 0.1) is 27.0 Å². The second-order valence-corrected chi connectivity index (χ2v) is 9.11. The Balaban J connectivity index is 1.41. The molecule has 0 unspecified atom stereocenters. The van der Waals surface area contributed by atoms with Crippen LogP contribution in [0.5, 0.6) is 0 Å². The van der Waals surface area contributed by atoms with E-state index in [1.54, 1.807) is 36.5 Å². The van der Waals surface area contributed by atoms with Crippen LogP contribution in [0.15, 0.2) is 65.3 Å². The first-order valence-corrected chi connectivity index (χ1v) is 11.6. The van der Waals surface area contributed by atoms with Crippen molar-refractivity contribution in [1.82, 2.24) is 5.32 Å². The monoisotopic (exact) mass is 508 g/mol. The van der Waals surface area contributed by atoms with Crippen LogP contribution in [0.25, 0.3) is 11.1 Å². The first-order chi connectivity index (χ1) is 16.8. The average molecular weight is 509 g/mol. The molecule has 5 rings (SSSR count). The van der Waals surface area contributed by atoms with E-state index in [9.17, 15) is 9.59 Å². The molecule has 9 heteroatoms. The summed E-state index contributed by atoms with van der Waals surface area (Å²) in [7, 11) is 0. The summed E-state index contributed by atoms with van der Waals surface area (Å²) >= 11 is 12.2. The van der Waals surface area contributed by atoms with Crippen LogP contribution in [0.4, 0.5) is 20.6 Å². The smallest absolute Gasteiger partial charge is 0.323 e. The number of fused-ring (bicyclic) bond motifs is 1. The van der Waals surface area contributed by atoms with E-state index in [0.29, 0.717) is 29.7 Å². The molecule has 6 nitrogen and oxygen atoms in total. The number of para-hydroxylation sites is 1. The minimum absolute atomic E-state index is 0.197. The molecule has 2 aliphatic rings. The van der Waals surface area contributed by atoms with Gasteiger partial charge in [0.2, 0.25) is 0 Å². The Hall–Kier alpha value is -3.68. The third-order valence-electron chi connectivity index (χ3n) is 5.88. The number of halogens is 3. The summed E-state index contributed by atoms with van der Waals surface area (Å²) in [6, 6.07) is 12.2. The van der Waals surface area contributed by atoms with Crippen molar-refractivity contribution in [3.8, 4) is 11.1 Å². The number of hydrogen-bond acceptors (Lipinski definition) is 3. The van der Waals surface area contributed by atoms with Crippen LogP contribution in [-0.2, 0) is 6.54 Å². The van der Waals surface area contributed by atoms with Gasteiger partial charge in [-0.1, -0.05) is 41.4 Å². The predicted molar refractivity (Wildman–Crippen MR) is 137 cm³/mol. The average Bonchev–Trinajstić information content (AvgIpc) is 3.42. The molecular weight excluding hydrogens is 490 g/mol. The molecule has 3 aromatic rings. The van der Waals surface area contributed by atoms with Gasteiger partial charge in [-0.25, -0.2) is 9.18 Å². The molecule has 0 aliphatic carbocycles. The summed E-state index contributed by atoms with van der Waals surface area (Å²) in [5.74, 6) is -0.735. The number of hydrogen-bond donors (Lipinski definition) is 3. The van der Waals surface area contributed by atoms with Gasteiger partial charge in [0.1, 0.15) is 5.82 Å². The Kier molecular flexibility index (Phi) is 6.05. The SMILES string of the molecule is CC1=CN=C(c2ccc(-c3ccc(NC(=O)Nc4c(Cl)cccc4Cl)cc3F)c3c2C(=O)NC3)C1. The largest absolute Gasteiger partial charge is 0.348 e. The van der Waals surface area contributed by atoms with Gasteiger partial charge < -0.3 is 16.0 Å². The van der Waals surface area contributed by atoms with Crippen molar-refractivity contribution in [2.24, 2.45) is 4.99 Å². The van der Waals surface area contributed by atoms with Gasteiger partial charge in [-0.3, -0.25) is 9.79 Å². The highest BCUT2D eigenvalue weighted by molar-refractivity contribution is 6.39. The second-order valence-electron chi connectivity index (χ2n) is 8.30. The molecule has 3 amide bonds. The Labute approximate surface area is 210 Å². The zero-order valence-corrected chi connectivity index (χ0v) is 20.0. The van der Waals surface area contributed by atoms with E-state index in [2.05, 4.69) is 20.9 Å². The predicted octanol–water partition coefficient (Wildman–Crippen LogP) is 6.78. The third kappa shape index (κ3) is 4.40. The van der Waals surface area contributed by atoms with E-state index in [-0.39, 0.29) is 27.3 Å². The summed E-state index contributed by atoms with van der Waals surface area (Å²) in [6.45, 7) is 2.29. The topological polar surface area (TPSA) is 82.6 Å². The normalized spacial score (nSPS) is 14.2. The molecule has 0 bridgehead atoms. The zero-order chi connectivity index (χ0) is 24.7. The number of carbonyl (C=O) groups is 2. The van der Waals surface area contributed by atoms with Crippen LogP contribution in [0.2, 0.25) is 10.0 Å². The van der Waals surface area contributed by atoms with Crippen molar-refractivity contribution in [2.75, 3.05) is 10.6 Å². The summed E-state index contributed by atoms with van der Waals surface area (Å²) in [6.07, 6.45) is 2.47. The van der Waals surface area contributed by atoms with Crippen LogP contribution in [0.1, 0.15) is 34.8 Å². The quantitative estimate of drug-likeness (QED) is 0.362. The summed E-state index contributed by atoms with van der Waals surface area (Å²) < 4.78 is 15.2. The maximum atomic E-state index is 15.2. The highest BCUT2D eigenvalue weighted by atomic mass is 35.5. The fourth-order valence-electron chi connectivity index (χ4n) is 4.25. The molecule has 0 radical (unpaired) electrons.